The number of hydrogen-bond donors (Lipinski definition) is 1. The van der Waals surface area contributed by atoms with Gasteiger partial charge in [-0.2, -0.15) is 0 Å². The first-order valence-corrected chi connectivity index (χ1v) is 7.30. The summed E-state index contributed by atoms with van der Waals surface area (Å²) >= 11 is 5.90. The molecule has 1 aliphatic rings. The highest BCUT2D eigenvalue weighted by Crippen LogP contribution is 2.31. The lowest BCUT2D eigenvalue weighted by molar-refractivity contribution is -0.127. The zero-order valence-electron chi connectivity index (χ0n) is 11.6. The Bertz CT molecular complexity index is 662. The van der Waals surface area contributed by atoms with Crippen LogP contribution >= 0.6 is 11.6 Å². The minimum absolute atomic E-state index is 0.0107. The number of benzene rings is 1. The van der Waals surface area contributed by atoms with Gasteiger partial charge in [0.25, 0.3) is 0 Å². The van der Waals surface area contributed by atoms with Gasteiger partial charge in [0.15, 0.2) is 0 Å². The lowest BCUT2D eigenvalue weighted by atomic mass is 10.2. The molecular weight excluding hydrogens is 286 g/mol. The molecule has 1 N–H and O–H groups in total. The number of rotatable bonds is 3. The number of aromatic amines is 1. The average Bonchev–Trinajstić information content (AvgIpc) is 3.15. The normalized spacial score (nSPS) is 18.0. The largest absolute Gasteiger partial charge is 0.340 e. The molecule has 108 valence electrons. The highest BCUT2D eigenvalue weighted by molar-refractivity contribution is 6.30. The van der Waals surface area contributed by atoms with Crippen LogP contribution in [0.3, 0.4) is 0 Å². The van der Waals surface area contributed by atoms with E-state index in [0.29, 0.717) is 5.02 Å². The number of amides is 1. The maximum atomic E-state index is 11.9. The van der Waals surface area contributed by atoms with Crippen LogP contribution < -0.4 is 0 Å². The minimum atomic E-state index is -0.0399. The van der Waals surface area contributed by atoms with Gasteiger partial charge in [0.2, 0.25) is 5.91 Å². The molecule has 1 aromatic heterocycles. The average molecular weight is 302 g/mol. The number of carbonyl (C=O) groups is 1. The van der Waals surface area contributed by atoms with Gasteiger partial charge in [0, 0.05) is 11.6 Å². The number of nitrogens with one attached hydrogen (secondary N) is 1. The first-order valence-electron chi connectivity index (χ1n) is 6.93. The van der Waals surface area contributed by atoms with Gasteiger partial charge in [0.05, 0.1) is 17.9 Å². The SMILES string of the molecule is C=CC(=O)N1CCC[C@H]1c1ncc(-c2ccc(Cl)cc2)[nH]1. The molecule has 1 fully saturated rings. The highest BCUT2D eigenvalue weighted by Gasteiger charge is 2.30. The van der Waals surface area contributed by atoms with E-state index in [1.54, 1.807) is 6.20 Å². The van der Waals surface area contributed by atoms with Crippen LogP contribution in [0.5, 0.6) is 0 Å². The van der Waals surface area contributed by atoms with E-state index in [9.17, 15) is 4.79 Å². The van der Waals surface area contributed by atoms with Crippen molar-refractivity contribution >= 4 is 17.5 Å². The summed E-state index contributed by atoms with van der Waals surface area (Å²) in [6.45, 7) is 4.32. The number of hydrogen-bond acceptors (Lipinski definition) is 2. The smallest absolute Gasteiger partial charge is 0.246 e. The molecule has 1 atom stereocenters. The maximum absolute atomic E-state index is 11.9. The number of carbonyl (C=O) groups excluding carboxylic acids is 1. The molecule has 0 aliphatic carbocycles. The van der Waals surface area contributed by atoms with Gasteiger partial charge >= 0.3 is 0 Å². The summed E-state index contributed by atoms with van der Waals surface area (Å²) < 4.78 is 0. The lowest BCUT2D eigenvalue weighted by Crippen LogP contribution is -2.29. The monoisotopic (exact) mass is 301 g/mol. The number of halogens is 1. The standard InChI is InChI=1S/C16H16ClN3O/c1-2-15(21)20-9-3-4-14(20)16-18-10-13(19-16)11-5-7-12(17)8-6-11/h2,5-8,10,14H,1,3-4,9H2,(H,18,19)/t14-/m0/s1. The lowest BCUT2D eigenvalue weighted by Gasteiger charge is -2.21. The molecule has 0 radical (unpaired) electrons. The second-order valence-corrected chi connectivity index (χ2v) is 5.52. The molecule has 3 rings (SSSR count). The predicted octanol–water partition coefficient (Wildman–Crippen LogP) is 3.58. The zero-order chi connectivity index (χ0) is 14.8. The van der Waals surface area contributed by atoms with E-state index in [-0.39, 0.29) is 11.9 Å². The fraction of sp³-hybridized carbons (Fsp3) is 0.250. The summed E-state index contributed by atoms with van der Waals surface area (Å²) in [5.41, 5.74) is 1.96. The quantitative estimate of drug-likeness (QED) is 0.881. The summed E-state index contributed by atoms with van der Waals surface area (Å²) in [5, 5.41) is 0.706. The van der Waals surface area contributed by atoms with Crippen LogP contribution in [-0.2, 0) is 4.79 Å². The van der Waals surface area contributed by atoms with E-state index >= 15 is 0 Å². The Morgan fingerprint density at radius 3 is 2.90 bits per heavy atom. The molecule has 0 saturated carbocycles. The van der Waals surface area contributed by atoms with Crippen molar-refractivity contribution in [1.29, 1.82) is 0 Å². The summed E-state index contributed by atoms with van der Waals surface area (Å²) in [7, 11) is 0. The van der Waals surface area contributed by atoms with Crippen molar-refractivity contribution in [2.75, 3.05) is 6.54 Å². The third-order valence-corrected chi connectivity index (χ3v) is 4.03. The predicted molar refractivity (Wildman–Crippen MR) is 82.9 cm³/mol. The van der Waals surface area contributed by atoms with Crippen molar-refractivity contribution in [2.45, 2.75) is 18.9 Å². The Morgan fingerprint density at radius 2 is 2.19 bits per heavy atom. The van der Waals surface area contributed by atoms with Gasteiger partial charge < -0.3 is 9.88 Å². The Balaban J connectivity index is 1.86. The van der Waals surface area contributed by atoms with E-state index in [1.165, 1.54) is 6.08 Å². The third-order valence-electron chi connectivity index (χ3n) is 3.78. The van der Waals surface area contributed by atoms with Crippen LogP contribution in [0.2, 0.25) is 5.02 Å². The highest BCUT2D eigenvalue weighted by atomic mass is 35.5. The van der Waals surface area contributed by atoms with E-state index < -0.39 is 0 Å². The number of likely N-dealkylation sites (tertiary alicyclic amines) is 1. The molecule has 1 saturated heterocycles. The van der Waals surface area contributed by atoms with Crippen molar-refractivity contribution < 1.29 is 4.79 Å². The number of aromatic nitrogens is 2. The number of H-pyrrole nitrogens is 1. The molecular formula is C16H16ClN3O. The van der Waals surface area contributed by atoms with Gasteiger partial charge in [-0.25, -0.2) is 4.98 Å². The molecule has 0 spiro atoms. The van der Waals surface area contributed by atoms with Gasteiger partial charge in [-0.3, -0.25) is 4.79 Å². The molecule has 2 aromatic rings. The van der Waals surface area contributed by atoms with Crippen molar-refractivity contribution in [2.24, 2.45) is 0 Å². The van der Waals surface area contributed by atoms with Crippen LogP contribution in [0.15, 0.2) is 43.1 Å². The molecule has 0 unspecified atom stereocenters. The summed E-state index contributed by atoms with van der Waals surface area (Å²) in [6.07, 6.45) is 5.07. The van der Waals surface area contributed by atoms with Crippen LogP contribution in [0, 0.1) is 0 Å². The van der Waals surface area contributed by atoms with Crippen LogP contribution in [0.1, 0.15) is 24.7 Å². The van der Waals surface area contributed by atoms with E-state index in [2.05, 4.69) is 16.5 Å². The van der Waals surface area contributed by atoms with Gasteiger partial charge in [0.1, 0.15) is 5.82 Å². The first kappa shape index (κ1) is 13.9. The van der Waals surface area contributed by atoms with E-state index in [4.69, 9.17) is 11.6 Å². The fourth-order valence-electron chi connectivity index (χ4n) is 2.71. The summed E-state index contributed by atoms with van der Waals surface area (Å²) in [5.74, 6) is 0.787. The molecule has 1 amide bonds. The van der Waals surface area contributed by atoms with Crippen LogP contribution in [-0.4, -0.2) is 27.3 Å². The first-order chi connectivity index (χ1) is 10.2. The molecule has 2 heterocycles. The molecule has 1 aliphatic heterocycles. The second kappa shape index (κ2) is 5.74. The second-order valence-electron chi connectivity index (χ2n) is 5.08. The maximum Gasteiger partial charge on any atom is 0.246 e. The van der Waals surface area contributed by atoms with Crippen molar-refractivity contribution in [3.05, 3.63) is 54.0 Å². The molecule has 21 heavy (non-hydrogen) atoms. The summed E-state index contributed by atoms with van der Waals surface area (Å²) in [6, 6.07) is 7.60. The fourth-order valence-corrected chi connectivity index (χ4v) is 2.84. The Morgan fingerprint density at radius 1 is 1.43 bits per heavy atom. The van der Waals surface area contributed by atoms with E-state index in [0.717, 1.165) is 36.5 Å². The Hall–Kier alpha value is -2.07. The zero-order valence-corrected chi connectivity index (χ0v) is 12.3. The van der Waals surface area contributed by atoms with Gasteiger partial charge in [-0.05, 0) is 36.6 Å². The molecule has 4 nitrogen and oxygen atoms in total. The Kier molecular flexibility index (Phi) is 3.80. The molecule has 5 heteroatoms. The van der Waals surface area contributed by atoms with Crippen molar-refractivity contribution in [3.8, 4) is 11.3 Å². The van der Waals surface area contributed by atoms with Gasteiger partial charge in [-0.1, -0.05) is 30.3 Å². The number of imidazole rings is 1. The minimum Gasteiger partial charge on any atom is -0.340 e. The number of nitrogens with zero attached hydrogens (tertiary/aromatic N) is 2. The topological polar surface area (TPSA) is 49.0 Å². The summed E-state index contributed by atoms with van der Waals surface area (Å²) in [4.78, 5) is 21.4. The molecule has 1 aromatic carbocycles. The van der Waals surface area contributed by atoms with Crippen LogP contribution in [0.4, 0.5) is 0 Å². The van der Waals surface area contributed by atoms with Crippen molar-refractivity contribution in [3.63, 3.8) is 0 Å². The van der Waals surface area contributed by atoms with E-state index in [1.807, 2.05) is 29.2 Å². The van der Waals surface area contributed by atoms with Crippen molar-refractivity contribution in [1.82, 2.24) is 14.9 Å². The van der Waals surface area contributed by atoms with Gasteiger partial charge in [-0.15, -0.1) is 0 Å². The van der Waals surface area contributed by atoms with Crippen LogP contribution in [0.25, 0.3) is 11.3 Å². The molecule has 0 bridgehead atoms. The third kappa shape index (κ3) is 2.72. The Labute approximate surface area is 128 Å².